The molecule has 0 aliphatic carbocycles. The van der Waals surface area contributed by atoms with Gasteiger partial charge in [-0.2, -0.15) is 13.6 Å². The zero-order valence-electron chi connectivity index (χ0n) is 16.3. The van der Waals surface area contributed by atoms with E-state index in [0.717, 1.165) is 0 Å². The minimum atomic E-state index is -5.78. The highest BCUT2D eigenvalue weighted by Gasteiger charge is 2.57. The van der Waals surface area contributed by atoms with Crippen LogP contribution in [0.4, 0.5) is 0 Å². The van der Waals surface area contributed by atoms with Crippen molar-refractivity contribution in [3.63, 3.8) is 0 Å². The van der Waals surface area contributed by atoms with Gasteiger partial charge in [0.25, 0.3) is 0 Å². The summed E-state index contributed by atoms with van der Waals surface area (Å²) in [5.41, 5.74) is -4.42. The summed E-state index contributed by atoms with van der Waals surface area (Å²) in [4.78, 5) is 64.2. The quantitative estimate of drug-likeness (QED) is 0.127. The van der Waals surface area contributed by atoms with Crippen LogP contribution in [-0.2, 0) is 31.6 Å². The normalized spacial score (nSPS) is 29.0. The average Bonchev–Trinajstić information content (AvgIpc) is 2.88. The molecule has 0 aromatic carbocycles. The number of ether oxygens (including phenoxy) is 1. The Morgan fingerprint density at radius 3 is 2.36 bits per heavy atom. The number of nitrogens with zero attached hydrogens (tertiary/aromatic N) is 2. The van der Waals surface area contributed by atoms with Crippen molar-refractivity contribution in [2.24, 2.45) is 5.92 Å². The van der Waals surface area contributed by atoms with Crippen LogP contribution in [0.2, 0.25) is 0 Å². The highest BCUT2D eigenvalue weighted by atomic mass is 31.3. The molecule has 186 valence electrons. The Hall–Kier alpha value is -1.54. The zero-order chi connectivity index (χ0) is 25.2. The lowest BCUT2D eigenvalue weighted by Gasteiger charge is -2.28. The van der Waals surface area contributed by atoms with Gasteiger partial charge < -0.3 is 34.5 Å². The molecule has 0 bridgehead atoms. The van der Waals surface area contributed by atoms with Gasteiger partial charge in [-0.1, -0.05) is 5.92 Å². The summed E-state index contributed by atoms with van der Waals surface area (Å²) in [7, 11) is -16.9. The fourth-order valence-electron chi connectivity index (χ4n) is 2.87. The Balaban J connectivity index is 2.29. The molecule has 1 aliphatic rings. The van der Waals surface area contributed by atoms with Crippen LogP contribution >= 0.6 is 23.5 Å². The number of phosphoric ester groups is 1. The number of aromatic amines is 1. The van der Waals surface area contributed by atoms with Gasteiger partial charge in [0.2, 0.25) is 0 Å². The largest absolute Gasteiger partial charge is 0.490 e. The molecule has 1 fully saturated rings. The van der Waals surface area contributed by atoms with Crippen molar-refractivity contribution in [3.05, 3.63) is 27.3 Å². The summed E-state index contributed by atoms with van der Waals surface area (Å²) in [5.74, 6) is 3.28. The first-order valence-electron chi connectivity index (χ1n) is 8.42. The lowest BCUT2D eigenvalue weighted by Crippen LogP contribution is -2.47. The van der Waals surface area contributed by atoms with Gasteiger partial charge in [-0.25, -0.2) is 23.3 Å². The molecule has 1 saturated heterocycles. The number of hydrogen-bond donors (Lipinski definition) is 7. The van der Waals surface area contributed by atoms with Crippen molar-refractivity contribution in [2.45, 2.75) is 24.9 Å². The van der Waals surface area contributed by atoms with Crippen molar-refractivity contribution in [2.75, 3.05) is 13.2 Å². The van der Waals surface area contributed by atoms with Gasteiger partial charge in [-0.3, -0.25) is 14.1 Å². The summed E-state index contributed by atoms with van der Waals surface area (Å²) in [6.07, 6.45) is -2.52. The van der Waals surface area contributed by atoms with E-state index in [-0.39, 0.29) is 0 Å². The molecule has 7 N–H and O–H groups in total. The van der Waals surface area contributed by atoms with Crippen LogP contribution in [0.5, 0.6) is 0 Å². The molecule has 2 heterocycles. The molecular weight excluding hydrogens is 519 g/mol. The van der Waals surface area contributed by atoms with Gasteiger partial charge in [0.1, 0.15) is 6.33 Å². The highest BCUT2D eigenvalue weighted by molar-refractivity contribution is 7.66. The Bertz CT molecular complexity index is 1200. The second-order valence-electron chi connectivity index (χ2n) is 6.29. The number of phosphoric acid groups is 3. The molecule has 1 aliphatic heterocycles. The summed E-state index contributed by atoms with van der Waals surface area (Å²) in [5, 5.41) is 20.8. The Kier molecular flexibility index (Phi) is 8.38. The monoisotopic (exact) mass is 537 g/mol. The van der Waals surface area contributed by atoms with Crippen molar-refractivity contribution < 1.29 is 61.4 Å². The van der Waals surface area contributed by atoms with E-state index in [1.807, 2.05) is 4.98 Å². The molecule has 33 heavy (non-hydrogen) atoms. The van der Waals surface area contributed by atoms with E-state index in [1.54, 1.807) is 0 Å². The SMILES string of the molecule is CC#CC1(O)C(CO)[C@@H](COP(=O)(O)OP(=O)(O)OP(=O)(O)O)O[C@H]1n1cnc(=O)[nH]c1=O. The summed E-state index contributed by atoms with van der Waals surface area (Å²) < 4.78 is 51.7. The predicted octanol–water partition coefficient (Wildman–Crippen LogP) is -2.46. The maximum atomic E-state index is 12.1. The van der Waals surface area contributed by atoms with Crippen molar-refractivity contribution >= 4 is 23.5 Å². The van der Waals surface area contributed by atoms with Crippen LogP contribution < -0.4 is 11.4 Å². The van der Waals surface area contributed by atoms with Gasteiger partial charge in [-0.05, 0) is 6.92 Å². The minimum absolute atomic E-state index is 0.624. The number of hydrogen-bond acceptors (Lipinski definition) is 12. The molecule has 0 spiro atoms. The second-order valence-corrected chi connectivity index (χ2v) is 10.7. The molecular formula is C12H18N3O15P3. The van der Waals surface area contributed by atoms with E-state index in [4.69, 9.17) is 14.5 Å². The third-order valence-corrected chi connectivity index (χ3v) is 7.84. The van der Waals surface area contributed by atoms with Crippen molar-refractivity contribution in [3.8, 4) is 11.8 Å². The van der Waals surface area contributed by atoms with Gasteiger partial charge in [0, 0.05) is 0 Å². The number of H-pyrrole nitrogens is 1. The molecule has 0 saturated carbocycles. The molecule has 2 rings (SSSR count). The number of rotatable bonds is 9. The first-order chi connectivity index (χ1) is 15.0. The molecule has 1 aromatic heterocycles. The third kappa shape index (κ3) is 6.98. The fourth-order valence-corrected chi connectivity index (χ4v) is 5.90. The number of nitrogens with one attached hydrogen (secondary N) is 1. The highest BCUT2D eigenvalue weighted by Crippen LogP contribution is 2.66. The van der Waals surface area contributed by atoms with Crippen molar-refractivity contribution in [1.29, 1.82) is 0 Å². The van der Waals surface area contributed by atoms with Crippen molar-refractivity contribution in [1.82, 2.24) is 14.5 Å². The Labute approximate surface area is 183 Å². The van der Waals surface area contributed by atoms with Gasteiger partial charge in [-0.15, -0.1) is 5.92 Å². The number of aliphatic hydroxyl groups excluding tert-OH is 1. The number of aliphatic hydroxyl groups is 2. The average molecular weight is 537 g/mol. The van der Waals surface area contributed by atoms with Crippen LogP contribution in [0.3, 0.4) is 0 Å². The smallest absolute Gasteiger partial charge is 0.396 e. The summed E-state index contributed by atoms with van der Waals surface area (Å²) >= 11 is 0. The van der Waals surface area contributed by atoms with Crippen LogP contribution in [0.15, 0.2) is 15.9 Å². The lowest BCUT2D eigenvalue weighted by atomic mass is 9.85. The maximum absolute atomic E-state index is 12.1. The molecule has 21 heteroatoms. The Morgan fingerprint density at radius 1 is 1.21 bits per heavy atom. The van der Waals surface area contributed by atoms with Gasteiger partial charge >= 0.3 is 34.8 Å². The summed E-state index contributed by atoms with van der Waals surface area (Å²) in [6, 6.07) is 0. The van der Waals surface area contributed by atoms with Crippen LogP contribution in [0.25, 0.3) is 0 Å². The van der Waals surface area contributed by atoms with E-state index in [9.17, 15) is 43.3 Å². The zero-order valence-corrected chi connectivity index (χ0v) is 19.0. The molecule has 4 unspecified atom stereocenters. The van der Waals surface area contributed by atoms with E-state index < -0.39 is 71.9 Å². The minimum Gasteiger partial charge on any atom is -0.396 e. The maximum Gasteiger partial charge on any atom is 0.490 e. The second kappa shape index (κ2) is 9.98. The lowest BCUT2D eigenvalue weighted by molar-refractivity contribution is -0.0752. The molecule has 0 amide bonds. The van der Waals surface area contributed by atoms with Crippen LogP contribution in [0.1, 0.15) is 13.2 Å². The first-order valence-corrected chi connectivity index (χ1v) is 12.9. The van der Waals surface area contributed by atoms with E-state index in [1.165, 1.54) is 6.92 Å². The van der Waals surface area contributed by atoms with Gasteiger partial charge in [0.15, 0.2) is 11.8 Å². The third-order valence-electron chi connectivity index (χ3n) is 4.03. The number of aromatic nitrogens is 3. The topological polar surface area (TPSA) is 277 Å². The first kappa shape index (κ1) is 27.7. The predicted molar refractivity (Wildman–Crippen MR) is 102 cm³/mol. The Morgan fingerprint density at radius 2 is 1.85 bits per heavy atom. The molecule has 6 atom stereocenters. The van der Waals surface area contributed by atoms with Crippen LogP contribution in [0, 0.1) is 17.8 Å². The van der Waals surface area contributed by atoms with Crippen LogP contribution in [-0.4, -0.2) is 69.2 Å². The van der Waals surface area contributed by atoms with E-state index >= 15 is 0 Å². The summed E-state index contributed by atoms with van der Waals surface area (Å²) in [6.45, 7) is -0.612. The standard InChI is InChI=1S/C12H18N3O15P3/c1-2-3-12(19)7(4-16)8(28-9(12)15-6-13-10(17)14-11(15)18)5-27-32(23,24)30-33(25,26)29-31(20,21)22/h6-9,16,19H,4-5H2,1H3,(H,23,24)(H,25,26)(H,14,17,18)(H2,20,21,22)/t7?,8-,9-,12?/m1/s1. The van der Waals surface area contributed by atoms with E-state index in [0.29, 0.717) is 10.9 Å². The van der Waals surface area contributed by atoms with Gasteiger partial charge in [0.05, 0.1) is 25.2 Å². The van der Waals surface area contributed by atoms with E-state index in [2.05, 4.69) is 30.0 Å². The molecule has 1 aromatic rings. The molecule has 0 radical (unpaired) electrons. The fraction of sp³-hybridized carbons (Fsp3) is 0.583. The molecule has 18 nitrogen and oxygen atoms in total.